The summed E-state index contributed by atoms with van der Waals surface area (Å²) in [6.07, 6.45) is 0. The third-order valence-corrected chi connectivity index (χ3v) is 5.44. The molecule has 0 spiro atoms. The van der Waals surface area contributed by atoms with Crippen LogP contribution in [0.1, 0.15) is 12.5 Å². The monoisotopic (exact) mass is 287 g/mol. The molecule has 0 atom stereocenters. The molecule has 0 aliphatic carbocycles. The fourth-order valence-corrected chi connectivity index (χ4v) is 3.43. The predicted molar refractivity (Wildman–Crippen MR) is 71.8 cm³/mol. The van der Waals surface area contributed by atoms with Crippen molar-refractivity contribution in [3.05, 3.63) is 35.6 Å². The van der Waals surface area contributed by atoms with E-state index < -0.39 is 10.0 Å². The summed E-state index contributed by atoms with van der Waals surface area (Å²) in [6.45, 7) is 5.25. The highest BCUT2D eigenvalue weighted by Crippen LogP contribution is 2.03. The lowest BCUT2D eigenvalue weighted by Gasteiger charge is -2.31. The maximum atomic E-state index is 12.8. The molecule has 106 valence electrons. The topological polar surface area (TPSA) is 41.8 Å². The van der Waals surface area contributed by atoms with E-state index in [1.807, 2.05) is 0 Å². The quantitative estimate of drug-likeness (QED) is 0.839. The number of nitrogens with zero attached hydrogens (tertiary/aromatic N) is 1. The van der Waals surface area contributed by atoms with E-state index in [0.717, 1.165) is 25.2 Å². The van der Waals surface area contributed by atoms with Gasteiger partial charge in [-0.1, -0.05) is 12.1 Å². The Labute approximate surface area is 113 Å². The average molecular weight is 287 g/mol. The van der Waals surface area contributed by atoms with Crippen LogP contribution in [0.2, 0.25) is 0 Å². The van der Waals surface area contributed by atoms with E-state index in [9.17, 15) is 12.8 Å². The Balaban J connectivity index is 1.89. The van der Waals surface area contributed by atoms with Gasteiger partial charge < -0.3 is 4.90 Å². The second-order valence-electron chi connectivity index (χ2n) is 4.85. The average Bonchev–Trinajstić information content (AvgIpc) is 2.42. The summed E-state index contributed by atoms with van der Waals surface area (Å²) >= 11 is 0. The zero-order chi connectivity index (χ0) is 13.9. The number of quaternary nitrogens is 1. The van der Waals surface area contributed by atoms with Crippen molar-refractivity contribution >= 4 is 10.0 Å². The maximum absolute atomic E-state index is 12.8. The number of nitrogens with one attached hydrogen (secondary N) is 1. The summed E-state index contributed by atoms with van der Waals surface area (Å²) in [7, 11) is -3.05. The van der Waals surface area contributed by atoms with Gasteiger partial charge in [0.15, 0.2) is 0 Å². The first-order valence-electron chi connectivity index (χ1n) is 6.57. The van der Waals surface area contributed by atoms with Crippen molar-refractivity contribution in [2.45, 2.75) is 13.5 Å². The number of hydrogen-bond donors (Lipinski definition) is 1. The van der Waals surface area contributed by atoms with Crippen LogP contribution in [0.5, 0.6) is 0 Å². The van der Waals surface area contributed by atoms with Gasteiger partial charge in [0.2, 0.25) is 10.0 Å². The lowest BCUT2D eigenvalue weighted by Crippen LogP contribution is -3.13. The Bertz CT molecular complexity index is 508. The Morgan fingerprint density at radius 3 is 2.32 bits per heavy atom. The van der Waals surface area contributed by atoms with Crippen molar-refractivity contribution < 1.29 is 17.7 Å². The molecule has 2 rings (SSSR count). The SMILES string of the molecule is CCS(=O)(=O)N1CC[NH+](Cc2ccc(F)cc2)CC1. The molecular formula is C13H20FN2O2S+. The first-order valence-corrected chi connectivity index (χ1v) is 8.18. The minimum atomic E-state index is -3.05. The number of rotatable bonds is 4. The van der Waals surface area contributed by atoms with E-state index in [2.05, 4.69) is 0 Å². The zero-order valence-corrected chi connectivity index (χ0v) is 11.9. The molecule has 6 heteroatoms. The second-order valence-corrected chi connectivity index (χ2v) is 7.11. The van der Waals surface area contributed by atoms with E-state index in [4.69, 9.17) is 0 Å². The first kappa shape index (κ1) is 14.4. The molecule has 19 heavy (non-hydrogen) atoms. The molecule has 1 fully saturated rings. The fraction of sp³-hybridized carbons (Fsp3) is 0.538. The van der Waals surface area contributed by atoms with Gasteiger partial charge in [0.05, 0.1) is 31.9 Å². The Morgan fingerprint density at radius 1 is 1.21 bits per heavy atom. The standard InChI is InChI=1S/C13H19FN2O2S/c1-2-19(17,18)16-9-7-15(8-10-16)11-12-3-5-13(14)6-4-12/h3-6H,2,7-11H2,1H3/p+1. The fourth-order valence-electron chi connectivity index (χ4n) is 2.33. The van der Waals surface area contributed by atoms with E-state index in [-0.39, 0.29) is 11.6 Å². The largest absolute Gasteiger partial charge is 0.329 e. The summed E-state index contributed by atoms with van der Waals surface area (Å²) in [4.78, 5) is 1.34. The minimum absolute atomic E-state index is 0.167. The lowest BCUT2D eigenvalue weighted by atomic mass is 10.2. The van der Waals surface area contributed by atoms with Crippen molar-refractivity contribution in [2.24, 2.45) is 0 Å². The molecule has 1 N–H and O–H groups in total. The zero-order valence-electron chi connectivity index (χ0n) is 11.1. The molecule has 0 bridgehead atoms. The van der Waals surface area contributed by atoms with Gasteiger partial charge in [0.1, 0.15) is 12.4 Å². The third kappa shape index (κ3) is 3.75. The lowest BCUT2D eigenvalue weighted by molar-refractivity contribution is -0.917. The highest BCUT2D eigenvalue weighted by Gasteiger charge is 2.27. The molecule has 1 aromatic carbocycles. The van der Waals surface area contributed by atoms with Crippen LogP contribution in [-0.4, -0.2) is 44.7 Å². The smallest absolute Gasteiger partial charge is 0.214 e. The highest BCUT2D eigenvalue weighted by atomic mass is 32.2. The van der Waals surface area contributed by atoms with Crippen LogP contribution < -0.4 is 4.90 Å². The molecule has 0 aromatic heterocycles. The number of hydrogen-bond acceptors (Lipinski definition) is 2. The van der Waals surface area contributed by atoms with Crippen molar-refractivity contribution in [3.63, 3.8) is 0 Å². The first-order chi connectivity index (χ1) is 9.01. The molecule has 1 saturated heterocycles. The summed E-state index contributed by atoms with van der Waals surface area (Å²) in [5, 5.41) is 0. The molecule has 4 nitrogen and oxygen atoms in total. The van der Waals surface area contributed by atoms with Crippen molar-refractivity contribution in [1.29, 1.82) is 0 Å². The van der Waals surface area contributed by atoms with Crippen LogP contribution >= 0.6 is 0 Å². The molecule has 1 aliphatic rings. The van der Waals surface area contributed by atoms with Gasteiger partial charge in [0.25, 0.3) is 0 Å². The van der Waals surface area contributed by atoms with Crippen LogP contribution in [0, 0.1) is 5.82 Å². The summed E-state index contributed by atoms with van der Waals surface area (Å²) in [5.74, 6) is -0.0575. The predicted octanol–water partition coefficient (Wildman–Crippen LogP) is -0.124. The van der Waals surface area contributed by atoms with Gasteiger partial charge in [-0.25, -0.2) is 12.8 Å². The van der Waals surface area contributed by atoms with Crippen LogP contribution in [-0.2, 0) is 16.6 Å². The number of halogens is 1. The van der Waals surface area contributed by atoms with Gasteiger partial charge in [-0.15, -0.1) is 0 Å². The van der Waals surface area contributed by atoms with Crippen LogP contribution in [0.4, 0.5) is 4.39 Å². The number of benzene rings is 1. The molecule has 1 aromatic rings. The van der Waals surface area contributed by atoms with Crippen LogP contribution in [0.15, 0.2) is 24.3 Å². The number of piperazine rings is 1. The summed E-state index contributed by atoms with van der Waals surface area (Å²) < 4.78 is 37.8. The van der Waals surface area contributed by atoms with E-state index in [1.165, 1.54) is 17.0 Å². The van der Waals surface area contributed by atoms with Crippen molar-refractivity contribution in [3.8, 4) is 0 Å². The summed E-state index contributed by atoms with van der Waals surface area (Å²) in [5.41, 5.74) is 1.09. The van der Waals surface area contributed by atoms with E-state index >= 15 is 0 Å². The molecule has 0 saturated carbocycles. The van der Waals surface area contributed by atoms with Crippen molar-refractivity contribution in [1.82, 2.24) is 4.31 Å². The van der Waals surface area contributed by atoms with E-state index in [0.29, 0.717) is 13.1 Å². The highest BCUT2D eigenvalue weighted by molar-refractivity contribution is 7.89. The van der Waals surface area contributed by atoms with Crippen LogP contribution in [0.25, 0.3) is 0 Å². The Hall–Kier alpha value is -0.980. The summed E-state index contributed by atoms with van der Waals surface area (Å²) in [6, 6.07) is 6.51. The maximum Gasteiger partial charge on any atom is 0.214 e. The molecule has 1 heterocycles. The second kappa shape index (κ2) is 5.98. The minimum Gasteiger partial charge on any atom is -0.329 e. The molecule has 0 unspecified atom stereocenters. The van der Waals surface area contributed by atoms with E-state index in [1.54, 1.807) is 23.4 Å². The molecule has 0 amide bonds. The van der Waals surface area contributed by atoms with Crippen LogP contribution in [0.3, 0.4) is 0 Å². The van der Waals surface area contributed by atoms with Gasteiger partial charge in [-0.2, -0.15) is 4.31 Å². The Morgan fingerprint density at radius 2 is 1.79 bits per heavy atom. The molecule has 1 aliphatic heterocycles. The molecular weight excluding hydrogens is 267 g/mol. The Kier molecular flexibility index (Phi) is 4.54. The van der Waals surface area contributed by atoms with Gasteiger partial charge >= 0.3 is 0 Å². The van der Waals surface area contributed by atoms with Crippen molar-refractivity contribution in [2.75, 3.05) is 31.9 Å². The molecule has 0 radical (unpaired) electrons. The third-order valence-electron chi connectivity index (χ3n) is 3.56. The van der Waals surface area contributed by atoms with Gasteiger partial charge in [0, 0.05) is 5.56 Å². The number of sulfonamides is 1. The normalized spacial score (nSPS) is 18.6. The van der Waals surface area contributed by atoms with Gasteiger partial charge in [-0.3, -0.25) is 0 Å². The van der Waals surface area contributed by atoms with Gasteiger partial charge in [-0.05, 0) is 19.1 Å².